The summed E-state index contributed by atoms with van der Waals surface area (Å²) in [7, 11) is 0. The Morgan fingerprint density at radius 2 is 2.22 bits per heavy atom. The number of rotatable bonds is 4. The monoisotopic (exact) mass is 146 g/mol. The molecule has 0 amide bonds. The van der Waals surface area contributed by atoms with Gasteiger partial charge in [-0.25, -0.2) is 0 Å². The molecular weight excluding hydrogens is 132 g/mol. The van der Waals surface area contributed by atoms with Gasteiger partial charge >= 0.3 is 0 Å². The van der Waals surface area contributed by atoms with Crippen molar-refractivity contribution in [1.29, 1.82) is 5.41 Å². The molecule has 3 heteroatoms. The molecule has 0 aromatic rings. The predicted molar refractivity (Wildman–Crippen MR) is 44.1 cm³/mol. The van der Waals surface area contributed by atoms with Gasteiger partial charge < -0.3 is 5.73 Å². The van der Waals surface area contributed by atoms with Gasteiger partial charge in [0.25, 0.3) is 0 Å². The fraction of sp³-hybridized carbons (Fsp3) is 0.833. The minimum absolute atomic E-state index is 0.278. The third-order valence-electron chi connectivity index (χ3n) is 0.709. The zero-order chi connectivity index (χ0) is 7.28. The van der Waals surface area contributed by atoms with Gasteiger partial charge in [0, 0.05) is 0 Å². The molecule has 0 spiro atoms. The normalized spacial score (nSPS) is 10.1. The molecule has 0 heterocycles. The molecule has 0 aliphatic carbocycles. The van der Waals surface area contributed by atoms with E-state index in [-0.39, 0.29) is 5.84 Å². The molecule has 0 aliphatic rings. The molecule has 0 unspecified atom stereocenters. The highest BCUT2D eigenvalue weighted by atomic mass is 32.2. The Bertz CT molecular complexity index is 91.1. The topological polar surface area (TPSA) is 49.9 Å². The lowest BCUT2D eigenvalue weighted by Crippen LogP contribution is -2.13. The number of hydrogen-bond acceptors (Lipinski definition) is 2. The summed E-state index contributed by atoms with van der Waals surface area (Å²) in [6.45, 7) is 4.32. The van der Waals surface area contributed by atoms with Crippen LogP contribution in [0.2, 0.25) is 0 Å². The van der Waals surface area contributed by atoms with E-state index in [0.717, 1.165) is 5.75 Å². The zero-order valence-corrected chi connectivity index (χ0v) is 6.79. The maximum absolute atomic E-state index is 6.90. The van der Waals surface area contributed by atoms with Crippen LogP contribution in [-0.4, -0.2) is 17.3 Å². The number of amidine groups is 1. The van der Waals surface area contributed by atoms with Gasteiger partial charge in [0.15, 0.2) is 0 Å². The fourth-order valence-corrected chi connectivity index (χ4v) is 1.21. The van der Waals surface area contributed by atoms with E-state index in [2.05, 4.69) is 13.8 Å². The van der Waals surface area contributed by atoms with Gasteiger partial charge in [0.1, 0.15) is 5.84 Å². The largest absolute Gasteiger partial charge is 0.387 e. The van der Waals surface area contributed by atoms with Gasteiger partial charge in [0.2, 0.25) is 0 Å². The summed E-state index contributed by atoms with van der Waals surface area (Å²) in [6, 6.07) is 0. The Morgan fingerprint density at radius 1 is 1.67 bits per heavy atom. The minimum Gasteiger partial charge on any atom is -0.387 e. The summed E-state index contributed by atoms with van der Waals surface area (Å²) in [6.07, 6.45) is 0. The first-order chi connectivity index (χ1) is 4.13. The first-order valence-corrected chi connectivity index (χ1v) is 4.19. The Morgan fingerprint density at radius 3 is 2.56 bits per heavy atom. The summed E-state index contributed by atoms with van der Waals surface area (Å²) in [5, 5.41) is 6.90. The Hall–Kier alpha value is -0.180. The third kappa shape index (κ3) is 7.82. The Balaban J connectivity index is 3.01. The molecule has 0 radical (unpaired) electrons. The van der Waals surface area contributed by atoms with E-state index in [4.69, 9.17) is 11.1 Å². The molecule has 0 aromatic heterocycles. The van der Waals surface area contributed by atoms with Crippen LogP contribution in [0.5, 0.6) is 0 Å². The molecule has 0 bridgehead atoms. The van der Waals surface area contributed by atoms with Crippen molar-refractivity contribution in [3.8, 4) is 0 Å². The van der Waals surface area contributed by atoms with E-state index in [0.29, 0.717) is 11.7 Å². The van der Waals surface area contributed by atoms with Crippen molar-refractivity contribution in [2.75, 3.05) is 11.5 Å². The minimum atomic E-state index is 0.278. The Kier molecular flexibility index (Phi) is 4.58. The lowest BCUT2D eigenvalue weighted by atomic mass is 10.3. The SMILES string of the molecule is CC(C)CSCC(=N)N. The van der Waals surface area contributed by atoms with Gasteiger partial charge in [-0.1, -0.05) is 13.8 Å². The zero-order valence-electron chi connectivity index (χ0n) is 5.98. The van der Waals surface area contributed by atoms with E-state index in [1.165, 1.54) is 0 Å². The average Bonchev–Trinajstić information content (AvgIpc) is 1.63. The molecule has 9 heavy (non-hydrogen) atoms. The number of hydrogen-bond donors (Lipinski definition) is 2. The predicted octanol–water partition coefficient (Wildman–Crippen LogP) is 1.31. The first-order valence-electron chi connectivity index (χ1n) is 3.03. The van der Waals surface area contributed by atoms with E-state index in [1.807, 2.05) is 0 Å². The molecule has 0 saturated heterocycles. The summed E-state index contributed by atoms with van der Waals surface area (Å²) < 4.78 is 0. The summed E-state index contributed by atoms with van der Waals surface area (Å²) in [5.74, 6) is 2.76. The Labute approximate surface area is 60.7 Å². The molecule has 0 saturated carbocycles. The van der Waals surface area contributed by atoms with E-state index in [1.54, 1.807) is 11.8 Å². The number of thioether (sulfide) groups is 1. The van der Waals surface area contributed by atoms with Crippen molar-refractivity contribution >= 4 is 17.6 Å². The lowest BCUT2D eigenvalue weighted by Gasteiger charge is -2.01. The second-order valence-corrected chi connectivity index (χ2v) is 3.46. The number of nitrogens with two attached hydrogens (primary N) is 1. The van der Waals surface area contributed by atoms with Crippen molar-refractivity contribution in [2.45, 2.75) is 13.8 Å². The van der Waals surface area contributed by atoms with Crippen molar-refractivity contribution in [2.24, 2.45) is 11.7 Å². The smallest absolute Gasteiger partial charge is 0.101 e. The highest BCUT2D eigenvalue weighted by Crippen LogP contribution is 2.05. The van der Waals surface area contributed by atoms with E-state index >= 15 is 0 Å². The quantitative estimate of drug-likeness (QED) is 0.464. The van der Waals surface area contributed by atoms with Crippen molar-refractivity contribution in [3.63, 3.8) is 0 Å². The van der Waals surface area contributed by atoms with Crippen LogP contribution in [0, 0.1) is 11.3 Å². The van der Waals surface area contributed by atoms with Gasteiger partial charge in [-0.2, -0.15) is 11.8 Å². The fourth-order valence-electron chi connectivity index (χ4n) is 0.405. The third-order valence-corrected chi connectivity index (χ3v) is 2.13. The van der Waals surface area contributed by atoms with Gasteiger partial charge in [-0.3, -0.25) is 5.41 Å². The molecular formula is C6H14N2S. The number of nitrogens with one attached hydrogen (secondary N) is 1. The first kappa shape index (κ1) is 8.82. The van der Waals surface area contributed by atoms with Crippen LogP contribution in [-0.2, 0) is 0 Å². The summed E-state index contributed by atoms with van der Waals surface area (Å²) >= 11 is 1.72. The van der Waals surface area contributed by atoms with Crippen LogP contribution < -0.4 is 5.73 Å². The second kappa shape index (κ2) is 4.68. The second-order valence-electron chi connectivity index (χ2n) is 2.43. The van der Waals surface area contributed by atoms with Crippen LogP contribution in [0.4, 0.5) is 0 Å². The molecule has 0 aliphatic heterocycles. The standard InChI is InChI=1S/C6H14N2S/c1-5(2)3-9-4-6(7)8/h5H,3-4H2,1-2H3,(H3,7,8). The van der Waals surface area contributed by atoms with Crippen LogP contribution in [0.25, 0.3) is 0 Å². The van der Waals surface area contributed by atoms with Crippen LogP contribution in [0.15, 0.2) is 0 Å². The van der Waals surface area contributed by atoms with Crippen molar-refractivity contribution in [1.82, 2.24) is 0 Å². The molecule has 0 atom stereocenters. The van der Waals surface area contributed by atoms with Gasteiger partial charge in [-0.15, -0.1) is 0 Å². The van der Waals surface area contributed by atoms with Crippen molar-refractivity contribution < 1.29 is 0 Å². The van der Waals surface area contributed by atoms with Crippen LogP contribution in [0.1, 0.15) is 13.8 Å². The highest BCUT2D eigenvalue weighted by Gasteiger charge is 1.94. The molecule has 2 nitrogen and oxygen atoms in total. The van der Waals surface area contributed by atoms with E-state index < -0.39 is 0 Å². The highest BCUT2D eigenvalue weighted by molar-refractivity contribution is 7.99. The lowest BCUT2D eigenvalue weighted by molar-refractivity contribution is 0.751. The van der Waals surface area contributed by atoms with E-state index in [9.17, 15) is 0 Å². The molecule has 3 N–H and O–H groups in total. The van der Waals surface area contributed by atoms with Gasteiger partial charge in [0.05, 0.1) is 5.75 Å². The molecule has 54 valence electrons. The molecule has 0 aromatic carbocycles. The molecule has 0 fully saturated rings. The summed E-state index contributed by atoms with van der Waals surface area (Å²) in [4.78, 5) is 0. The van der Waals surface area contributed by atoms with Crippen LogP contribution >= 0.6 is 11.8 Å². The molecule has 0 rings (SSSR count). The maximum atomic E-state index is 6.90. The van der Waals surface area contributed by atoms with Crippen molar-refractivity contribution in [3.05, 3.63) is 0 Å². The summed E-state index contributed by atoms with van der Waals surface area (Å²) in [5.41, 5.74) is 5.14. The average molecular weight is 146 g/mol. The van der Waals surface area contributed by atoms with Gasteiger partial charge in [-0.05, 0) is 11.7 Å². The maximum Gasteiger partial charge on any atom is 0.101 e. The van der Waals surface area contributed by atoms with Crippen LogP contribution in [0.3, 0.4) is 0 Å².